The summed E-state index contributed by atoms with van der Waals surface area (Å²) in [6.45, 7) is 2.56. The standard InChI is InChI=1S/C21H28N2O3S/c1-17(19-12-14-20(15-13-19)27(3,25)26)23(2)21(24)22-16-8-7-11-18-9-5-4-6-10-18/h4-6,9-10,12-15,17H,7-8,11,16H2,1-3H3,(H,22,24)/t17-/m1/s1. The van der Waals surface area contributed by atoms with Gasteiger partial charge in [0.05, 0.1) is 10.9 Å². The number of hydrogen-bond acceptors (Lipinski definition) is 3. The third-order valence-electron chi connectivity index (χ3n) is 4.70. The normalized spacial score (nSPS) is 12.4. The lowest BCUT2D eigenvalue weighted by atomic mass is 10.1. The van der Waals surface area contributed by atoms with Crippen molar-refractivity contribution in [3.63, 3.8) is 0 Å². The molecule has 2 rings (SSSR count). The first-order valence-corrected chi connectivity index (χ1v) is 11.0. The Morgan fingerprint density at radius 1 is 1.04 bits per heavy atom. The minimum Gasteiger partial charge on any atom is -0.338 e. The minimum atomic E-state index is -3.21. The van der Waals surface area contributed by atoms with Crippen LogP contribution in [0.2, 0.25) is 0 Å². The number of unbranched alkanes of at least 4 members (excludes halogenated alkanes) is 1. The number of aryl methyl sites for hydroxylation is 1. The van der Waals surface area contributed by atoms with Gasteiger partial charge in [-0.05, 0) is 49.4 Å². The van der Waals surface area contributed by atoms with Crippen LogP contribution in [0.15, 0.2) is 59.5 Å². The molecule has 2 aromatic rings. The average molecular weight is 389 g/mol. The summed E-state index contributed by atoms with van der Waals surface area (Å²) in [6.07, 6.45) is 4.14. The van der Waals surface area contributed by atoms with Crippen LogP contribution in [0.1, 0.15) is 36.9 Å². The molecular formula is C21H28N2O3S. The van der Waals surface area contributed by atoms with Gasteiger partial charge in [0.2, 0.25) is 0 Å². The molecule has 6 heteroatoms. The number of carbonyl (C=O) groups is 1. The van der Waals surface area contributed by atoms with E-state index in [1.165, 1.54) is 11.8 Å². The van der Waals surface area contributed by atoms with Crippen molar-refractivity contribution >= 4 is 15.9 Å². The molecule has 5 nitrogen and oxygen atoms in total. The van der Waals surface area contributed by atoms with Gasteiger partial charge in [0.15, 0.2) is 9.84 Å². The highest BCUT2D eigenvalue weighted by Crippen LogP contribution is 2.20. The molecule has 0 aromatic heterocycles. The molecule has 146 valence electrons. The Labute approximate surface area is 162 Å². The molecule has 0 unspecified atom stereocenters. The van der Waals surface area contributed by atoms with Crippen LogP contribution in [0.3, 0.4) is 0 Å². The maximum absolute atomic E-state index is 12.3. The number of benzene rings is 2. The summed E-state index contributed by atoms with van der Waals surface area (Å²) in [5, 5.41) is 2.95. The fourth-order valence-electron chi connectivity index (χ4n) is 2.81. The van der Waals surface area contributed by atoms with Gasteiger partial charge in [-0.2, -0.15) is 0 Å². The van der Waals surface area contributed by atoms with E-state index in [2.05, 4.69) is 17.4 Å². The highest BCUT2D eigenvalue weighted by molar-refractivity contribution is 7.90. The first-order chi connectivity index (χ1) is 12.8. The van der Waals surface area contributed by atoms with Crippen LogP contribution in [0.25, 0.3) is 0 Å². The summed E-state index contributed by atoms with van der Waals surface area (Å²) in [5.74, 6) is 0. The van der Waals surface area contributed by atoms with Gasteiger partial charge in [0, 0.05) is 19.8 Å². The molecule has 0 bridgehead atoms. The van der Waals surface area contributed by atoms with Crippen molar-refractivity contribution in [2.75, 3.05) is 19.8 Å². The lowest BCUT2D eigenvalue weighted by Gasteiger charge is -2.25. The van der Waals surface area contributed by atoms with Crippen LogP contribution in [0.4, 0.5) is 4.79 Å². The molecule has 0 fully saturated rings. The van der Waals surface area contributed by atoms with Crippen LogP contribution >= 0.6 is 0 Å². The second kappa shape index (κ2) is 9.55. The van der Waals surface area contributed by atoms with Crippen molar-refractivity contribution in [3.05, 3.63) is 65.7 Å². The predicted octanol–water partition coefficient (Wildman–Crippen LogP) is 3.82. The number of rotatable bonds is 8. The Bertz CT molecular complexity index is 833. The van der Waals surface area contributed by atoms with Crippen LogP contribution in [0.5, 0.6) is 0 Å². The van der Waals surface area contributed by atoms with E-state index in [0.29, 0.717) is 6.54 Å². The zero-order valence-corrected chi connectivity index (χ0v) is 17.0. The Hall–Kier alpha value is -2.34. The smallest absolute Gasteiger partial charge is 0.317 e. The van der Waals surface area contributed by atoms with Gasteiger partial charge in [0.25, 0.3) is 0 Å². The maximum atomic E-state index is 12.3. The van der Waals surface area contributed by atoms with Crippen LogP contribution in [0, 0.1) is 0 Å². The van der Waals surface area contributed by atoms with Gasteiger partial charge < -0.3 is 10.2 Å². The lowest BCUT2D eigenvalue weighted by molar-refractivity contribution is 0.194. The second-order valence-corrected chi connectivity index (χ2v) is 8.82. The van der Waals surface area contributed by atoms with E-state index in [9.17, 15) is 13.2 Å². The van der Waals surface area contributed by atoms with Crippen molar-refractivity contribution < 1.29 is 13.2 Å². The van der Waals surface area contributed by atoms with Gasteiger partial charge in [-0.1, -0.05) is 42.5 Å². The van der Waals surface area contributed by atoms with Gasteiger partial charge in [-0.15, -0.1) is 0 Å². The highest BCUT2D eigenvalue weighted by Gasteiger charge is 2.17. The van der Waals surface area contributed by atoms with E-state index in [0.717, 1.165) is 24.8 Å². The van der Waals surface area contributed by atoms with E-state index in [1.807, 2.05) is 25.1 Å². The summed E-state index contributed by atoms with van der Waals surface area (Å²) >= 11 is 0. The molecule has 2 amide bonds. The summed E-state index contributed by atoms with van der Waals surface area (Å²) in [5.41, 5.74) is 2.20. The lowest BCUT2D eigenvalue weighted by Crippen LogP contribution is -2.39. The zero-order chi connectivity index (χ0) is 19.9. The average Bonchev–Trinajstić information content (AvgIpc) is 2.66. The van der Waals surface area contributed by atoms with E-state index in [4.69, 9.17) is 0 Å². The molecule has 0 aliphatic rings. The van der Waals surface area contributed by atoms with Gasteiger partial charge in [-0.25, -0.2) is 13.2 Å². The van der Waals surface area contributed by atoms with E-state index >= 15 is 0 Å². The third-order valence-corrected chi connectivity index (χ3v) is 5.83. The summed E-state index contributed by atoms with van der Waals surface area (Å²) < 4.78 is 23.1. The molecule has 0 aliphatic carbocycles. The van der Waals surface area contributed by atoms with Crippen molar-refractivity contribution in [1.82, 2.24) is 10.2 Å². The molecule has 0 radical (unpaired) electrons. The summed E-state index contributed by atoms with van der Waals surface area (Å²) in [4.78, 5) is 14.2. The van der Waals surface area contributed by atoms with E-state index in [-0.39, 0.29) is 17.0 Å². The molecule has 0 aliphatic heterocycles. The number of urea groups is 1. The number of sulfone groups is 1. The molecule has 0 spiro atoms. The Balaban J connectivity index is 1.78. The Morgan fingerprint density at radius 2 is 1.67 bits per heavy atom. The third kappa shape index (κ3) is 6.40. The summed E-state index contributed by atoms with van der Waals surface area (Å²) in [6, 6.07) is 16.7. The largest absolute Gasteiger partial charge is 0.338 e. The maximum Gasteiger partial charge on any atom is 0.317 e. The Kier molecular flexibility index (Phi) is 7.42. The number of carbonyl (C=O) groups excluding carboxylic acids is 1. The topological polar surface area (TPSA) is 66.5 Å². The molecule has 1 atom stereocenters. The number of hydrogen-bond donors (Lipinski definition) is 1. The van der Waals surface area contributed by atoms with E-state index < -0.39 is 9.84 Å². The van der Waals surface area contributed by atoms with Gasteiger partial charge in [-0.3, -0.25) is 0 Å². The fourth-order valence-corrected chi connectivity index (χ4v) is 3.44. The first-order valence-electron chi connectivity index (χ1n) is 9.13. The minimum absolute atomic E-state index is 0.130. The SMILES string of the molecule is C[C@H](c1ccc(S(C)(=O)=O)cc1)N(C)C(=O)NCCCCc1ccccc1. The van der Waals surface area contributed by atoms with Gasteiger partial charge in [0.1, 0.15) is 0 Å². The fraction of sp³-hybridized carbons (Fsp3) is 0.381. The highest BCUT2D eigenvalue weighted by atomic mass is 32.2. The van der Waals surface area contributed by atoms with Crippen LogP contribution in [-0.2, 0) is 16.3 Å². The first kappa shape index (κ1) is 21.0. The quantitative estimate of drug-likeness (QED) is 0.699. The summed E-state index contributed by atoms with van der Waals surface area (Å²) in [7, 11) is -1.47. The van der Waals surface area contributed by atoms with Crippen molar-refractivity contribution in [2.45, 2.75) is 37.1 Å². The molecule has 0 saturated heterocycles. The number of nitrogens with zero attached hydrogens (tertiary/aromatic N) is 1. The van der Waals surface area contributed by atoms with E-state index in [1.54, 1.807) is 36.2 Å². The Morgan fingerprint density at radius 3 is 2.26 bits per heavy atom. The molecule has 0 heterocycles. The van der Waals surface area contributed by atoms with Crippen molar-refractivity contribution in [3.8, 4) is 0 Å². The van der Waals surface area contributed by atoms with Crippen LogP contribution in [-0.4, -0.2) is 39.2 Å². The molecule has 2 aromatic carbocycles. The number of amides is 2. The monoisotopic (exact) mass is 388 g/mol. The molecule has 0 saturated carbocycles. The van der Waals surface area contributed by atoms with Gasteiger partial charge >= 0.3 is 6.03 Å². The second-order valence-electron chi connectivity index (χ2n) is 6.80. The molecule has 27 heavy (non-hydrogen) atoms. The molecular weight excluding hydrogens is 360 g/mol. The molecule has 1 N–H and O–H groups in total. The zero-order valence-electron chi connectivity index (χ0n) is 16.2. The predicted molar refractivity (Wildman–Crippen MR) is 109 cm³/mol. The van der Waals surface area contributed by atoms with Crippen LogP contribution < -0.4 is 5.32 Å². The number of nitrogens with one attached hydrogen (secondary N) is 1. The van der Waals surface area contributed by atoms with Crippen molar-refractivity contribution in [1.29, 1.82) is 0 Å². The van der Waals surface area contributed by atoms with Crippen molar-refractivity contribution in [2.24, 2.45) is 0 Å².